The molecule has 2 amide bonds. The summed E-state index contributed by atoms with van der Waals surface area (Å²) in [4.78, 5) is 11.6. The molecule has 1 aromatic carbocycles. The van der Waals surface area contributed by atoms with E-state index >= 15 is 0 Å². The second-order valence-electron chi connectivity index (χ2n) is 3.74. The van der Waals surface area contributed by atoms with Crippen molar-refractivity contribution in [3.05, 3.63) is 23.2 Å². The number of halogens is 1. The quantitative estimate of drug-likeness (QED) is 0.770. The third kappa shape index (κ3) is 4.09. The second-order valence-corrected chi connectivity index (χ2v) is 4.14. The van der Waals surface area contributed by atoms with Crippen LogP contribution in [0.15, 0.2) is 18.2 Å². The van der Waals surface area contributed by atoms with Gasteiger partial charge in [-0.2, -0.15) is 0 Å². The monoisotopic (exact) mass is 272 g/mol. The molecule has 5 nitrogen and oxygen atoms in total. The van der Waals surface area contributed by atoms with E-state index in [4.69, 9.17) is 21.4 Å². The minimum absolute atomic E-state index is 0.0900. The number of ether oxygens (including phenoxy) is 1. The molecule has 0 saturated carbocycles. The number of aliphatic hydroxyl groups is 1. The summed E-state index contributed by atoms with van der Waals surface area (Å²) in [6, 6.07) is 4.32. The van der Waals surface area contributed by atoms with Gasteiger partial charge in [-0.3, -0.25) is 0 Å². The first kappa shape index (κ1) is 14.6. The van der Waals surface area contributed by atoms with Crippen LogP contribution >= 0.6 is 11.6 Å². The van der Waals surface area contributed by atoms with E-state index in [0.717, 1.165) is 0 Å². The van der Waals surface area contributed by atoms with Gasteiger partial charge >= 0.3 is 6.03 Å². The Kier molecular flexibility index (Phi) is 5.74. The summed E-state index contributed by atoms with van der Waals surface area (Å²) in [5.41, 5.74) is 0.561. The minimum Gasteiger partial charge on any atom is -0.495 e. The smallest absolute Gasteiger partial charge is 0.319 e. The molecule has 6 heteroatoms. The first-order chi connectivity index (χ1) is 8.60. The third-order valence-corrected chi connectivity index (χ3v) is 2.75. The van der Waals surface area contributed by atoms with Crippen molar-refractivity contribution in [1.29, 1.82) is 0 Å². The zero-order valence-electron chi connectivity index (χ0n) is 10.4. The Balaban J connectivity index is 2.62. The van der Waals surface area contributed by atoms with Crippen LogP contribution in [-0.2, 0) is 0 Å². The molecule has 0 radical (unpaired) electrons. The van der Waals surface area contributed by atoms with Gasteiger partial charge in [-0.05, 0) is 24.6 Å². The fraction of sp³-hybridized carbons (Fsp3) is 0.417. The van der Waals surface area contributed by atoms with Gasteiger partial charge in [0.1, 0.15) is 5.75 Å². The molecule has 0 aliphatic rings. The summed E-state index contributed by atoms with van der Waals surface area (Å²) in [6.45, 7) is 1.79. The molecule has 3 N–H and O–H groups in total. The molecule has 18 heavy (non-hydrogen) atoms. The Labute approximate surface area is 111 Å². The van der Waals surface area contributed by atoms with Crippen molar-refractivity contribution in [2.45, 2.75) is 19.4 Å². The average Bonchev–Trinajstić information content (AvgIpc) is 2.36. The van der Waals surface area contributed by atoms with Gasteiger partial charge in [0.05, 0.1) is 24.8 Å². The molecule has 1 rings (SSSR count). The van der Waals surface area contributed by atoms with Crippen LogP contribution in [-0.4, -0.2) is 30.9 Å². The summed E-state index contributed by atoms with van der Waals surface area (Å²) in [7, 11) is 1.52. The van der Waals surface area contributed by atoms with E-state index in [1.54, 1.807) is 18.2 Å². The number of methoxy groups -OCH3 is 1. The number of urea groups is 1. The molecule has 100 valence electrons. The van der Waals surface area contributed by atoms with Crippen molar-refractivity contribution < 1.29 is 14.6 Å². The van der Waals surface area contributed by atoms with Crippen molar-refractivity contribution in [2.24, 2.45) is 0 Å². The van der Waals surface area contributed by atoms with Crippen LogP contribution in [0.3, 0.4) is 0 Å². The molecule has 1 unspecified atom stereocenters. The van der Waals surface area contributed by atoms with Crippen molar-refractivity contribution >= 4 is 23.3 Å². The Morgan fingerprint density at radius 3 is 2.78 bits per heavy atom. The number of hydrogen-bond donors (Lipinski definition) is 3. The zero-order chi connectivity index (χ0) is 13.5. The van der Waals surface area contributed by atoms with Crippen LogP contribution in [0.1, 0.15) is 13.3 Å². The van der Waals surface area contributed by atoms with E-state index < -0.39 is 0 Å². The van der Waals surface area contributed by atoms with Crippen LogP contribution in [0.5, 0.6) is 5.75 Å². The first-order valence-electron chi connectivity index (χ1n) is 5.62. The lowest BCUT2D eigenvalue weighted by atomic mass is 10.2. The number of benzene rings is 1. The molecule has 1 atom stereocenters. The largest absolute Gasteiger partial charge is 0.495 e. The zero-order valence-corrected chi connectivity index (χ0v) is 11.1. The normalized spacial score (nSPS) is 11.8. The van der Waals surface area contributed by atoms with Crippen LogP contribution in [0.4, 0.5) is 10.5 Å². The number of carbonyl (C=O) groups excluding carboxylic acids is 1. The number of aliphatic hydroxyl groups excluding tert-OH is 1. The van der Waals surface area contributed by atoms with Crippen LogP contribution in [0.25, 0.3) is 0 Å². The number of amides is 2. The van der Waals surface area contributed by atoms with E-state index in [1.165, 1.54) is 7.11 Å². The molecule has 0 fully saturated rings. The molecular weight excluding hydrogens is 256 g/mol. The van der Waals surface area contributed by atoms with E-state index in [2.05, 4.69) is 10.6 Å². The van der Waals surface area contributed by atoms with Gasteiger partial charge in [0.15, 0.2) is 0 Å². The molecule has 0 aliphatic carbocycles. The summed E-state index contributed by atoms with van der Waals surface area (Å²) in [5.74, 6) is 0.546. The van der Waals surface area contributed by atoms with Gasteiger partial charge in [0, 0.05) is 5.69 Å². The molecular formula is C12H17ClN2O3. The highest BCUT2D eigenvalue weighted by Crippen LogP contribution is 2.27. The number of anilines is 1. The van der Waals surface area contributed by atoms with Crippen LogP contribution in [0, 0.1) is 0 Å². The van der Waals surface area contributed by atoms with Gasteiger partial charge in [0.2, 0.25) is 0 Å². The third-order valence-electron chi connectivity index (χ3n) is 2.46. The SMILES string of the molecule is CCC(CO)NC(=O)Nc1ccc(OC)c(Cl)c1. The maximum atomic E-state index is 11.6. The molecule has 1 aromatic rings. The lowest BCUT2D eigenvalue weighted by molar-refractivity contribution is 0.222. The van der Waals surface area contributed by atoms with Gasteiger partial charge in [0.25, 0.3) is 0 Å². The Hall–Kier alpha value is -1.46. The lowest BCUT2D eigenvalue weighted by Crippen LogP contribution is -2.39. The number of nitrogens with one attached hydrogen (secondary N) is 2. The predicted octanol–water partition coefficient (Wildman–Crippen LogP) is 2.24. The second kappa shape index (κ2) is 7.08. The highest BCUT2D eigenvalue weighted by molar-refractivity contribution is 6.32. The number of rotatable bonds is 5. The first-order valence-corrected chi connectivity index (χ1v) is 6.00. The average molecular weight is 273 g/mol. The molecule has 0 heterocycles. The number of hydrogen-bond acceptors (Lipinski definition) is 3. The van der Waals surface area contributed by atoms with Gasteiger partial charge in [-0.25, -0.2) is 4.79 Å². The van der Waals surface area contributed by atoms with Gasteiger partial charge < -0.3 is 20.5 Å². The molecule has 0 bridgehead atoms. The Bertz CT molecular complexity index is 408. The summed E-state index contributed by atoms with van der Waals surface area (Å²) >= 11 is 5.94. The fourth-order valence-electron chi connectivity index (χ4n) is 1.37. The van der Waals surface area contributed by atoms with Gasteiger partial charge in [-0.1, -0.05) is 18.5 Å². The molecule has 0 aliphatic heterocycles. The fourth-order valence-corrected chi connectivity index (χ4v) is 1.63. The summed E-state index contributed by atoms with van der Waals surface area (Å²) in [6.07, 6.45) is 0.660. The van der Waals surface area contributed by atoms with Crippen molar-refractivity contribution in [2.75, 3.05) is 19.0 Å². The summed E-state index contributed by atoms with van der Waals surface area (Å²) < 4.78 is 5.01. The van der Waals surface area contributed by atoms with E-state index in [1.807, 2.05) is 6.92 Å². The van der Waals surface area contributed by atoms with E-state index in [-0.39, 0.29) is 18.7 Å². The van der Waals surface area contributed by atoms with E-state index in [9.17, 15) is 4.79 Å². The van der Waals surface area contributed by atoms with E-state index in [0.29, 0.717) is 22.9 Å². The molecule has 0 saturated heterocycles. The maximum Gasteiger partial charge on any atom is 0.319 e. The molecule has 0 spiro atoms. The van der Waals surface area contributed by atoms with Crippen LogP contribution < -0.4 is 15.4 Å². The van der Waals surface area contributed by atoms with Crippen molar-refractivity contribution in [1.82, 2.24) is 5.32 Å². The predicted molar refractivity (Wildman–Crippen MR) is 71.3 cm³/mol. The Morgan fingerprint density at radius 1 is 1.56 bits per heavy atom. The summed E-state index contributed by atoms with van der Waals surface area (Å²) in [5, 5.41) is 14.7. The lowest BCUT2D eigenvalue weighted by Gasteiger charge is -2.15. The van der Waals surface area contributed by atoms with Crippen LogP contribution in [0.2, 0.25) is 5.02 Å². The van der Waals surface area contributed by atoms with Crippen molar-refractivity contribution in [3.63, 3.8) is 0 Å². The Morgan fingerprint density at radius 2 is 2.28 bits per heavy atom. The van der Waals surface area contributed by atoms with Crippen molar-refractivity contribution in [3.8, 4) is 5.75 Å². The standard InChI is InChI=1S/C12H17ClN2O3/c1-3-8(7-16)14-12(17)15-9-4-5-11(18-2)10(13)6-9/h4-6,8,16H,3,7H2,1-2H3,(H2,14,15,17). The highest BCUT2D eigenvalue weighted by atomic mass is 35.5. The maximum absolute atomic E-state index is 11.6. The minimum atomic E-state index is -0.378. The molecule has 0 aromatic heterocycles. The number of carbonyl (C=O) groups is 1. The van der Waals surface area contributed by atoms with Gasteiger partial charge in [-0.15, -0.1) is 0 Å². The highest BCUT2D eigenvalue weighted by Gasteiger charge is 2.09. The topological polar surface area (TPSA) is 70.6 Å².